The Balaban J connectivity index is 0.00000288. The summed E-state index contributed by atoms with van der Waals surface area (Å²) in [7, 11) is 1.63. The van der Waals surface area contributed by atoms with Gasteiger partial charge < -0.3 is 10.6 Å². The smallest absolute Gasteiger partial charge is 0.352 e. The molecule has 0 saturated heterocycles. The Labute approximate surface area is 160 Å². The summed E-state index contributed by atoms with van der Waals surface area (Å²) in [5.41, 5.74) is -0.0939. The third-order valence-corrected chi connectivity index (χ3v) is 4.16. The molecule has 0 saturated carbocycles. The molecule has 1 heterocycles. The van der Waals surface area contributed by atoms with E-state index in [1.54, 1.807) is 24.5 Å². The van der Waals surface area contributed by atoms with Gasteiger partial charge >= 0.3 is 6.18 Å². The van der Waals surface area contributed by atoms with E-state index in [0.717, 1.165) is 12.1 Å². The van der Waals surface area contributed by atoms with Gasteiger partial charge in [-0.2, -0.15) is 13.2 Å². The quantitative estimate of drug-likeness (QED) is 0.392. The number of benzene rings is 1. The van der Waals surface area contributed by atoms with Gasteiger partial charge in [0, 0.05) is 23.3 Å². The summed E-state index contributed by atoms with van der Waals surface area (Å²) in [6.07, 6.45) is -4.33. The highest BCUT2D eigenvalue weighted by molar-refractivity contribution is 14.0. The van der Waals surface area contributed by atoms with Crippen molar-refractivity contribution in [3.8, 4) is 0 Å². The molecule has 24 heavy (non-hydrogen) atoms. The van der Waals surface area contributed by atoms with Crippen LogP contribution in [0.2, 0.25) is 0 Å². The van der Waals surface area contributed by atoms with Gasteiger partial charge in [0.1, 0.15) is 0 Å². The van der Waals surface area contributed by atoms with Gasteiger partial charge in [-0.25, -0.2) is 0 Å². The van der Waals surface area contributed by atoms with Crippen molar-refractivity contribution in [2.24, 2.45) is 4.99 Å². The van der Waals surface area contributed by atoms with Crippen LogP contribution in [0.5, 0.6) is 0 Å². The van der Waals surface area contributed by atoms with Crippen LogP contribution in [0.4, 0.5) is 13.2 Å². The van der Waals surface area contributed by atoms with E-state index in [9.17, 15) is 13.2 Å². The van der Waals surface area contributed by atoms with E-state index < -0.39 is 11.7 Å². The topological polar surface area (TPSA) is 36.4 Å². The molecule has 0 aliphatic rings. The molecule has 2 rings (SSSR count). The van der Waals surface area contributed by atoms with Crippen molar-refractivity contribution in [2.45, 2.75) is 26.2 Å². The monoisotopic (exact) mass is 469 g/mol. The lowest BCUT2D eigenvalue weighted by Crippen LogP contribution is -2.36. The molecule has 3 nitrogen and oxygen atoms in total. The minimum Gasteiger partial charge on any atom is -0.352 e. The molecule has 0 amide bonds. The summed E-state index contributed by atoms with van der Waals surface area (Å²) in [4.78, 5) is 6.47. The minimum absolute atomic E-state index is 0. The maximum Gasteiger partial charge on any atom is 0.416 e. The van der Waals surface area contributed by atoms with Gasteiger partial charge in [0.25, 0.3) is 0 Å². The molecule has 0 radical (unpaired) electrons. The molecule has 0 aliphatic heterocycles. The van der Waals surface area contributed by atoms with E-state index >= 15 is 0 Å². The molecule has 0 bridgehead atoms. The molecule has 8 heteroatoms. The van der Waals surface area contributed by atoms with Crippen LogP contribution in [-0.4, -0.2) is 13.0 Å². The first-order chi connectivity index (χ1) is 10.9. The number of nitrogens with zero attached hydrogens (tertiary/aromatic N) is 1. The van der Waals surface area contributed by atoms with Crippen molar-refractivity contribution >= 4 is 41.3 Å². The Morgan fingerprint density at radius 2 is 1.83 bits per heavy atom. The Hall–Kier alpha value is -1.29. The zero-order valence-electron chi connectivity index (χ0n) is 13.3. The number of hydrogen-bond acceptors (Lipinski definition) is 2. The summed E-state index contributed by atoms with van der Waals surface area (Å²) < 4.78 is 38.1. The van der Waals surface area contributed by atoms with Crippen LogP contribution in [0, 0.1) is 6.92 Å². The Morgan fingerprint density at radius 1 is 1.12 bits per heavy atom. The molecule has 2 N–H and O–H groups in total. The molecule has 2 aromatic rings. The van der Waals surface area contributed by atoms with Crippen LogP contribution in [0.1, 0.15) is 20.9 Å². The van der Waals surface area contributed by atoms with Gasteiger partial charge in [-0.15, -0.1) is 35.3 Å². The van der Waals surface area contributed by atoms with E-state index in [-0.39, 0.29) is 30.5 Å². The van der Waals surface area contributed by atoms with E-state index in [1.807, 2.05) is 19.1 Å². The number of nitrogens with one attached hydrogen (secondary N) is 2. The fraction of sp³-hybridized carbons (Fsp3) is 0.312. The first-order valence-corrected chi connectivity index (χ1v) is 7.86. The van der Waals surface area contributed by atoms with Crippen molar-refractivity contribution < 1.29 is 13.2 Å². The van der Waals surface area contributed by atoms with Crippen LogP contribution >= 0.6 is 35.3 Å². The molecular weight excluding hydrogens is 450 g/mol. The lowest BCUT2D eigenvalue weighted by molar-refractivity contribution is -0.137. The molecule has 132 valence electrons. The van der Waals surface area contributed by atoms with Crippen molar-refractivity contribution in [3.05, 3.63) is 57.3 Å². The zero-order valence-corrected chi connectivity index (χ0v) is 16.4. The molecular formula is C16H19F3IN3S. The minimum atomic E-state index is -4.33. The highest BCUT2D eigenvalue weighted by Crippen LogP contribution is 2.29. The summed E-state index contributed by atoms with van der Waals surface area (Å²) in [6, 6.07) is 9.34. The molecule has 0 aliphatic carbocycles. The fourth-order valence-electron chi connectivity index (χ4n) is 2.01. The maximum absolute atomic E-state index is 12.7. The van der Waals surface area contributed by atoms with Gasteiger partial charge in [-0.05, 0) is 36.8 Å². The normalized spacial score (nSPS) is 11.8. The highest BCUT2D eigenvalue weighted by Gasteiger charge is 2.30. The number of aliphatic imine (C=N–C) groups is 1. The summed E-state index contributed by atoms with van der Waals surface area (Å²) in [6.45, 7) is 2.93. The molecule has 0 unspecified atom stereocenters. The molecule has 0 spiro atoms. The lowest BCUT2D eigenvalue weighted by atomic mass is 10.1. The third-order valence-electron chi connectivity index (χ3n) is 3.16. The summed E-state index contributed by atoms with van der Waals surface area (Å²) >= 11 is 1.69. The molecule has 1 aromatic heterocycles. The van der Waals surface area contributed by atoms with Gasteiger partial charge in [0.05, 0.1) is 12.1 Å². The molecule has 0 fully saturated rings. The SMILES string of the molecule is CN=C(NCc1cccc(C(F)(F)F)c1)NCc1ccc(C)s1.I. The molecule has 0 atom stereocenters. The van der Waals surface area contributed by atoms with Crippen LogP contribution < -0.4 is 10.6 Å². The zero-order chi connectivity index (χ0) is 16.9. The number of hydrogen-bond donors (Lipinski definition) is 2. The maximum atomic E-state index is 12.7. The molecule has 1 aromatic carbocycles. The standard InChI is InChI=1S/C16H18F3N3S.HI/c1-11-6-7-14(23-11)10-22-15(20-2)21-9-12-4-3-5-13(8-12)16(17,18)19;/h3-8H,9-10H2,1-2H3,(H2,20,21,22);1H. The first kappa shape index (κ1) is 20.8. The van der Waals surface area contributed by atoms with Crippen molar-refractivity contribution in [1.82, 2.24) is 10.6 Å². The van der Waals surface area contributed by atoms with Crippen molar-refractivity contribution in [1.29, 1.82) is 0 Å². The number of aryl methyl sites for hydroxylation is 1. The number of halogens is 4. The van der Waals surface area contributed by atoms with Crippen LogP contribution in [0.15, 0.2) is 41.4 Å². The fourth-order valence-corrected chi connectivity index (χ4v) is 2.85. The second kappa shape index (κ2) is 9.26. The van der Waals surface area contributed by atoms with E-state index in [1.165, 1.54) is 15.8 Å². The lowest BCUT2D eigenvalue weighted by Gasteiger charge is -2.12. The second-order valence-electron chi connectivity index (χ2n) is 4.99. The highest BCUT2D eigenvalue weighted by atomic mass is 127. The Kier molecular flexibility index (Phi) is 8.01. The average molecular weight is 469 g/mol. The van der Waals surface area contributed by atoms with Crippen LogP contribution in [0.25, 0.3) is 0 Å². The van der Waals surface area contributed by atoms with E-state index in [4.69, 9.17) is 0 Å². The Morgan fingerprint density at radius 3 is 2.42 bits per heavy atom. The number of rotatable bonds is 4. The predicted octanol–water partition coefficient (Wildman–Crippen LogP) is 4.56. The van der Waals surface area contributed by atoms with Gasteiger partial charge in [0.2, 0.25) is 0 Å². The second-order valence-corrected chi connectivity index (χ2v) is 6.36. The number of alkyl halides is 3. The Bertz CT molecular complexity index is 683. The van der Waals surface area contributed by atoms with Gasteiger partial charge in [0.15, 0.2) is 5.96 Å². The third kappa shape index (κ3) is 6.31. The summed E-state index contributed by atoms with van der Waals surface area (Å²) in [5.74, 6) is 0.550. The first-order valence-electron chi connectivity index (χ1n) is 7.04. The van der Waals surface area contributed by atoms with Gasteiger partial charge in [-0.1, -0.05) is 12.1 Å². The number of thiophene rings is 1. The van der Waals surface area contributed by atoms with Crippen molar-refractivity contribution in [2.75, 3.05) is 7.05 Å². The van der Waals surface area contributed by atoms with Crippen molar-refractivity contribution in [3.63, 3.8) is 0 Å². The predicted molar refractivity (Wildman–Crippen MR) is 103 cm³/mol. The summed E-state index contributed by atoms with van der Waals surface area (Å²) in [5, 5.41) is 6.16. The largest absolute Gasteiger partial charge is 0.416 e. The van der Waals surface area contributed by atoms with Gasteiger partial charge in [-0.3, -0.25) is 4.99 Å². The number of guanidine groups is 1. The average Bonchev–Trinajstić information content (AvgIpc) is 2.92. The van der Waals surface area contributed by atoms with Crippen LogP contribution in [-0.2, 0) is 19.3 Å². The van der Waals surface area contributed by atoms with E-state index in [2.05, 4.69) is 15.6 Å². The van der Waals surface area contributed by atoms with E-state index in [0.29, 0.717) is 18.1 Å². The van der Waals surface area contributed by atoms with Crippen LogP contribution in [0.3, 0.4) is 0 Å².